The van der Waals surface area contributed by atoms with Crippen molar-refractivity contribution in [3.8, 4) is 0 Å². The van der Waals surface area contributed by atoms with E-state index in [2.05, 4.69) is 9.13 Å². The molecule has 2 aromatic rings. The van der Waals surface area contributed by atoms with Gasteiger partial charge in [-0.2, -0.15) is 0 Å². The van der Waals surface area contributed by atoms with Crippen LogP contribution in [-0.2, 0) is 26.7 Å². The Bertz CT molecular complexity index is 900. The predicted molar refractivity (Wildman–Crippen MR) is 112 cm³/mol. The molecule has 0 amide bonds. The van der Waals surface area contributed by atoms with Crippen LogP contribution < -0.4 is 0 Å². The lowest BCUT2D eigenvalue weighted by molar-refractivity contribution is 0.100. The number of ketones is 2. The van der Waals surface area contributed by atoms with E-state index < -0.39 is 8.25 Å². The van der Waals surface area contributed by atoms with Crippen LogP contribution in [-0.4, -0.2) is 33.9 Å². The molecular formula is C22H28N2O5P+. The van der Waals surface area contributed by atoms with Gasteiger partial charge < -0.3 is 9.13 Å². The topological polar surface area (TPSA) is 79.5 Å². The maximum Gasteiger partial charge on any atom is 0.697 e. The summed E-state index contributed by atoms with van der Waals surface area (Å²) in [5.41, 5.74) is 3.40. The summed E-state index contributed by atoms with van der Waals surface area (Å²) in [5.74, 6) is 0.147. The van der Waals surface area contributed by atoms with Gasteiger partial charge >= 0.3 is 8.25 Å². The first-order valence-corrected chi connectivity index (χ1v) is 11.7. The molecule has 7 nitrogen and oxygen atoms in total. The van der Waals surface area contributed by atoms with Gasteiger partial charge in [-0.3, -0.25) is 9.59 Å². The second-order valence-corrected chi connectivity index (χ2v) is 9.19. The van der Waals surface area contributed by atoms with Crippen LogP contribution in [0.25, 0.3) is 0 Å². The number of hydrogen-bond donors (Lipinski definition) is 0. The molecule has 2 aliphatic heterocycles. The van der Waals surface area contributed by atoms with Crippen LogP contribution in [0.4, 0.5) is 0 Å². The summed E-state index contributed by atoms with van der Waals surface area (Å²) in [7, 11) is -2.27. The molecule has 0 saturated heterocycles. The van der Waals surface area contributed by atoms with Crippen LogP contribution in [0.15, 0.2) is 24.5 Å². The Hall–Kier alpha value is -2.08. The quantitative estimate of drug-likeness (QED) is 0.441. The minimum Gasteiger partial charge on any atom is -0.350 e. The average Bonchev–Trinajstić information content (AvgIpc) is 3.35. The van der Waals surface area contributed by atoms with Gasteiger partial charge in [-0.25, -0.2) is 0 Å². The minimum absolute atomic E-state index is 0.0337. The first kappa shape index (κ1) is 21.2. The van der Waals surface area contributed by atoms with Crippen molar-refractivity contribution in [3.05, 3.63) is 47.0 Å². The fourth-order valence-electron chi connectivity index (χ4n) is 4.82. The first-order chi connectivity index (χ1) is 14.5. The van der Waals surface area contributed by atoms with Crippen LogP contribution in [0.5, 0.6) is 0 Å². The number of hydrogen-bond acceptors (Lipinski definition) is 5. The predicted octanol–water partition coefficient (Wildman–Crippen LogP) is 4.84. The standard InChI is InChI=1S/C22H28N2O5P/c1-15(25)19-7-11-23-9-3-5-17(21(19)23)13-28-30(27)29-14-18-6-4-10-24-12-8-20(16(2)26)22(18)24/h7-8,11-12,17-18H,3-6,9-10,13-14H2,1-2H3/q+1. The van der Waals surface area contributed by atoms with Crippen molar-refractivity contribution in [2.45, 2.75) is 64.5 Å². The Kier molecular flexibility index (Phi) is 6.32. The molecule has 4 heterocycles. The highest BCUT2D eigenvalue weighted by Gasteiger charge is 2.33. The van der Waals surface area contributed by atoms with Gasteiger partial charge in [-0.05, 0) is 51.7 Å². The lowest BCUT2D eigenvalue weighted by Crippen LogP contribution is -2.21. The zero-order valence-electron chi connectivity index (χ0n) is 17.5. The number of Topliss-reactive ketones (excluding diaryl/α,β-unsaturated/α-hetero) is 2. The van der Waals surface area contributed by atoms with E-state index in [0.29, 0.717) is 0 Å². The lowest BCUT2D eigenvalue weighted by atomic mass is 9.93. The van der Waals surface area contributed by atoms with Crippen LogP contribution in [0.2, 0.25) is 0 Å². The van der Waals surface area contributed by atoms with Gasteiger partial charge in [0.1, 0.15) is 13.2 Å². The number of carbonyl (C=O) groups excluding carboxylic acids is 2. The molecule has 160 valence electrons. The molecule has 0 radical (unpaired) electrons. The number of carbonyl (C=O) groups is 2. The van der Waals surface area contributed by atoms with E-state index in [9.17, 15) is 14.2 Å². The molecule has 0 spiro atoms. The van der Waals surface area contributed by atoms with Gasteiger partial charge in [-0.15, -0.1) is 9.05 Å². The van der Waals surface area contributed by atoms with Gasteiger partial charge in [0.15, 0.2) is 11.6 Å². The third kappa shape index (κ3) is 4.20. The van der Waals surface area contributed by atoms with Gasteiger partial charge in [0.05, 0.1) is 0 Å². The molecule has 30 heavy (non-hydrogen) atoms. The second-order valence-electron chi connectivity index (χ2n) is 8.22. The van der Waals surface area contributed by atoms with E-state index >= 15 is 0 Å². The van der Waals surface area contributed by atoms with Crippen molar-refractivity contribution < 1.29 is 23.2 Å². The zero-order valence-corrected chi connectivity index (χ0v) is 18.4. The number of fused-ring (bicyclic) bond motifs is 2. The van der Waals surface area contributed by atoms with Crippen LogP contribution >= 0.6 is 8.25 Å². The van der Waals surface area contributed by atoms with E-state index in [1.807, 2.05) is 24.5 Å². The summed E-state index contributed by atoms with van der Waals surface area (Å²) in [5, 5.41) is 0. The van der Waals surface area contributed by atoms with E-state index in [1.165, 1.54) is 0 Å². The molecular weight excluding hydrogens is 403 g/mol. The van der Waals surface area contributed by atoms with E-state index in [1.54, 1.807) is 13.8 Å². The van der Waals surface area contributed by atoms with E-state index in [-0.39, 0.29) is 36.6 Å². The molecule has 2 aromatic heterocycles. The molecule has 0 fully saturated rings. The van der Waals surface area contributed by atoms with Gasteiger partial charge in [0.25, 0.3) is 0 Å². The highest BCUT2D eigenvalue weighted by atomic mass is 31.1. The van der Waals surface area contributed by atoms with Crippen LogP contribution in [0.1, 0.15) is 83.5 Å². The summed E-state index contributed by atoms with van der Waals surface area (Å²) in [6, 6.07) is 3.72. The number of aryl methyl sites for hydroxylation is 2. The third-order valence-corrected chi connectivity index (χ3v) is 6.93. The lowest BCUT2D eigenvalue weighted by Gasteiger charge is -2.24. The number of nitrogens with zero attached hydrogens (tertiary/aromatic N) is 2. The Morgan fingerprint density at radius 3 is 1.73 bits per heavy atom. The fraction of sp³-hybridized carbons (Fsp3) is 0.545. The molecule has 2 aliphatic rings. The maximum absolute atomic E-state index is 12.4. The normalized spacial score (nSPS) is 21.1. The Morgan fingerprint density at radius 1 is 0.900 bits per heavy atom. The molecule has 4 rings (SSSR count). The Balaban J connectivity index is 1.36. The second kappa shape index (κ2) is 8.96. The molecule has 2 unspecified atom stereocenters. The Morgan fingerprint density at radius 2 is 1.33 bits per heavy atom. The van der Waals surface area contributed by atoms with Crippen molar-refractivity contribution >= 4 is 19.8 Å². The van der Waals surface area contributed by atoms with Crippen molar-refractivity contribution in [2.24, 2.45) is 0 Å². The summed E-state index contributed by atoms with van der Waals surface area (Å²) in [4.78, 5) is 23.9. The largest absolute Gasteiger partial charge is 0.697 e. The van der Waals surface area contributed by atoms with Crippen LogP contribution in [0.3, 0.4) is 0 Å². The number of rotatable bonds is 8. The molecule has 0 aliphatic carbocycles. The molecule has 0 aromatic carbocycles. The van der Waals surface area contributed by atoms with Crippen molar-refractivity contribution in [2.75, 3.05) is 13.2 Å². The fourth-order valence-corrected chi connectivity index (χ4v) is 5.49. The maximum atomic E-state index is 12.4. The summed E-state index contributed by atoms with van der Waals surface area (Å²) in [6.07, 6.45) is 7.67. The first-order valence-electron chi connectivity index (χ1n) is 10.6. The molecule has 8 heteroatoms. The summed E-state index contributed by atoms with van der Waals surface area (Å²) < 4.78 is 27.8. The highest BCUT2D eigenvalue weighted by molar-refractivity contribution is 7.33. The monoisotopic (exact) mass is 431 g/mol. The van der Waals surface area contributed by atoms with Crippen LogP contribution in [0, 0.1) is 0 Å². The molecule has 0 N–H and O–H groups in total. The Labute approximate surface area is 177 Å². The summed E-state index contributed by atoms with van der Waals surface area (Å²) in [6.45, 7) is 5.45. The molecule has 0 saturated carbocycles. The van der Waals surface area contributed by atoms with Gasteiger partial charge in [0.2, 0.25) is 0 Å². The number of aromatic nitrogens is 2. The van der Waals surface area contributed by atoms with E-state index in [4.69, 9.17) is 9.05 Å². The van der Waals surface area contributed by atoms with Crippen molar-refractivity contribution in [3.63, 3.8) is 0 Å². The van der Waals surface area contributed by atoms with Crippen molar-refractivity contribution in [1.29, 1.82) is 0 Å². The SMILES string of the molecule is CC(=O)c1ccn2c1C(CO[P+](=O)OCC1CCCn3ccc(C(C)=O)c31)CCC2. The smallest absolute Gasteiger partial charge is 0.350 e. The average molecular weight is 431 g/mol. The zero-order chi connectivity index (χ0) is 21.3. The highest BCUT2D eigenvalue weighted by Crippen LogP contribution is 2.37. The van der Waals surface area contributed by atoms with Crippen molar-refractivity contribution in [1.82, 2.24) is 9.13 Å². The third-order valence-electron chi connectivity index (χ3n) is 6.21. The van der Waals surface area contributed by atoms with E-state index in [0.717, 1.165) is 61.3 Å². The summed E-state index contributed by atoms with van der Waals surface area (Å²) >= 11 is 0. The molecule has 2 atom stereocenters. The van der Waals surface area contributed by atoms with Gasteiger partial charge in [0, 0.05) is 64.4 Å². The van der Waals surface area contributed by atoms with Gasteiger partial charge in [-0.1, -0.05) is 0 Å². The minimum atomic E-state index is -2.27. The molecule has 0 bridgehead atoms.